The summed E-state index contributed by atoms with van der Waals surface area (Å²) in [5, 5.41) is 18.6. The lowest BCUT2D eigenvalue weighted by atomic mass is 10.1. The lowest BCUT2D eigenvalue weighted by Crippen LogP contribution is -2.39. The first-order valence-corrected chi connectivity index (χ1v) is 6.86. The SMILES string of the molecule is CCC(=O)N(C)CCCOC1CC(O)CC(CO)O1. The van der Waals surface area contributed by atoms with Crippen LogP contribution in [0.15, 0.2) is 0 Å². The maximum absolute atomic E-state index is 11.3. The Kier molecular flexibility index (Phi) is 7.30. The number of aliphatic hydroxyl groups excluding tert-OH is 2. The van der Waals surface area contributed by atoms with Crippen molar-refractivity contribution in [2.24, 2.45) is 0 Å². The van der Waals surface area contributed by atoms with E-state index < -0.39 is 12.4 Å². The van der Waals surface area contributed by atoms with Gasteiger partial charge in [-0.3, -0.25) is 4.79 Å². The van der Waals surface area contributed by atoms with Gasteiger partial charge in [-0.25, -0.2) is 0 Å². The molecule has 2 N–H and O–H groups in total. The van der Waals surface area contributed by atoms with Crippen molar-refractivity contribution in [1.29, 1.82) is 0 Å². The molecule has 0 aliphatic carbocycles. The van der Waals surface area contributed by atoms with Crippen molar-refractivity contribution in [1.82, 2.24) is 4.90 Å². The molecule has 0 spiro atoms. The fraction of sp³-hybridized carbons (Fsp3) is 0.923. The van der Waals surface area contributed by atoms with Crippen LogP contribution in [0.5, 0.6) is 0 Å². The summed E-state index contributed by atoms with van der Waals surface area (Å²) in [6, 6.07) is 0. The third-order valence-corrected chi connectivity index (χ3v) is 3.22. The molecule has 3 unspecified atom stereocenters. The molecule has 6 nitrogen and oxygen atoms in total. The number of aliphatic hydroxyl groups is 2. The van der Waals surface area contributed by atoms with Crippen LogP contribution in [0.25, 0.3) is 0 Å². The van der Waals surface area contributed by atoms with Crippen molar-refractivity contribution < 1.29 is 24.5 Å². The molecular weight excluding hydrogens is 250 g/mol. The Morgan fingerprint density at radius 2 is 2.21 bits per heavy atom. The quantitative estimate of drug-likeness (QED) is 0.645. The van der Waals surface area contributed by atoms with E-state index in [1.54, 1.807) is 11.9 Å². The Morgan fingerprint density at radius 1 is 1.47 bits per heavy atom. The number of hydrogen-bond donors (Lipinski definition) is 2. The molecule has 1 fully saturated rings. The Balaban J connectivity index is 2.16. The first kappa shape index (κ1) is 16.4. The predicted octanol–water partition coefficient (Wildman–Crippen LogP) is 0.120. The number of carbonyl (C=O) groups is 1. The van der Waals surface area contributed by atoms with Crippen LogP contribution in [0.4, 0.5) is 0 Å². The topological polar surface area (TPSA) is 79.2 Å². The second-order valence-electron chi connectivity index (χ2n) is 4.89. The van der Waals surface area contributed by atoms with Crippen molar-refractivity contribution >= 4 is 5.91 Å². The van der Waals surface area contributed by atoms with Crippen LogP contribution in [0.3, 0.4) is 0 Å². The van der Waals surface area contributed by atoms with Gasteiger partial charge in [0.2, 0.25) is 5.91 Å². The van der Waals surface area contributed by atoms with Crippen LogP contribution in [-0.2, 0) is 14.3 Å². The predicted molar refractivity (Wildman–Crippen MR) is 69.5 cm³/mol. The first-order valence-electron chi connectivity index (χ1n) is 6.86. The van der Waals surface area contributed by atoms with Crippen molar-refractivity contribution in [3.63, 3.8) is 0 Å². The minimum atomic E-state index is -0.486. The summed E-state index contributed by atoms with van der Waals surface area (Å²) in [7, 11) is 1.77. The summed E-state index contributed by atoms with van der Waals surface area (Å²) in [5.74, 6) is 0.115. The number of amides is 1. The van der Waals surface area contributed by atoms with Crippen LogP contribution in [0, 0.1) is 0 Å². The molecule has 0 aromatic rings. The second kappa shape index (κ2) is 8.47. The van der Waals surface area contributed by atoms with Crippen LogP contribution < -0.4 is 0 Å². The summed E-state index contributed by atoms with van der Waals surface area (Å²) in [4.78, 5) is 13.0. The van der Waals surface area contributed by atoms with Gasteiger partial charge in [-0.1, -0.05) is 6.92 Å². The molecular formula is C13H25NO5. The van der Waals surface area contributed by atoms with Crippen molar-refractivity contribution in [2.45, 2.75) is 51.1 Å². The molecule has 1 saturated heterocycles. The minimum Gasteiger partial charge on any atom is -0.394 e. The highest BCUT2D eigenvalue weighted by Crippen LogP contribution is 2.20. The highest BCUT2D eigenvalue weighted by atomic mass is 16.7. The summed E-state index contributed by atoms with van der Waals surface area (Å²) in [6.07, 6.45) is 0.811. The number of nitrogens with zero attached hydrogens (tertiary/aromatic N) is 1. The molecule has 0 bridgehead atoms. The van der Waals surface area contributed by atoms with Gasteiger partial charge in [-0.2, -0.15) is 0 Å². The highest BCUT2D eigenvalue weighted by molar-refractivity contribution is 5.75. The van der Waals surface area contributed by atoms with Gasteiger partial charge in [0.25, 0.3) is 0 Å². The summed E-state index contributed by atoms with van der Waals surface area (Å²) in [5.41, 5.74) is 0. The zero-order valence-electron chi connectivity index (χ0n) is 11.7. The summed E-state index contributed by atoms with van der Waals surface area (Å²) in [6.45, 7) is 2.84. The highest BCUT2D eigenvalue weighted by Gasteiger charge is 2.28. The summed E-state index contributed by atoms with van der Waals surface area (Å²) < 4.78 is 11.0. The maximum Gasteiger partial charge on any atom is 0.222 e. The van der Waals surface area contributed by atoms with E-state index in [1.807, 2.05) is 6.92 Å². The third kappa shape index (κ3) is 5.86. The number of rotatable bonds is 7. The summed E-state index contributed by atoms with van der Waals surface area (Å²) >= 11 is 0. The number of hydrogen-bond acceptors (Lipinski definition) is 5. The van der Waals surface area contributed by atoms with E-state index in [-0.39, 0.29) is 18.6 Å². The van der Waals surface area contributed by atoms with Crippen LogP contribution >= 0.6 is 0 Å². The standard InChI is InChI=1S/C13H25NO5/c1-3-12(17)14(2)5-4-6-18-13-8-10(16)7-11(9-15)19-13/h10-11,13,15-16H,3-9H2,1-2H3. The molecule has 0 radical (unpaired) electrons. The lowest BCUT2D eigenvalue weighted by molar-refractivity contribution is -0.221. The Morgan fingerprint density at radius 3 is 2.84 bits per heavy atom. The molecule has 0 saturated carbocycles. The fourth-order valence-corrected chi connectivity index (χ4v) is 2.08. The number of ether oxygens (including phenoxy) is 2. The van der Waals surface area contributed by atoms with Crippen molar-refractivity contribution in [3.8, 4) is 0 Å². The van der Waals surface area contributed by atoms with E-state index in [9.17, 15) is 9.90 Å². The Bertz CT molecular complexity index is 274. The lowest BCUT2D eigenvalue weighted by Gasteiger charge is -2.32. The third-order valence-electron chi connectivity index (χ3n) is 3.22. The molecule has 1 aliphatic rings. The van der Waals surface area contributed by atoms with Gasteiger partial charge in [0, 0.05) is 32.9 Å². The second-order valence-corrected chi connectivity index (χ2v) is 4.89. The minimum absolute atomic E-state index is 0.106. The Hall–Kier alpha value is -0.690. The molecule has 112 valence electrons. The fourth-order valence-electron chi connectivity index (χ4n) is 2.08. The van der Waals surface area contributed by atoms with Gasteiger partial charge in [0.05, 0.1) is 25.4 Å². The van der Waals surface area contributed by atoms with E-state index in [0.717, 1.165) is 6.42 Å². The monoisotopic (exact) mass is 275 g/mol. The molecule has 1 rings (SSSR count). The molecule has 1 aliphatic heterocycles. The number of carbonyl (C=O) groups excluding carboxylic acids is 1. The van der Waals surface area contributed by atoms with Gasteiger partial charge in [0.15, 0.2) is 6.29 Å². The first-order chi connectivity index (χ1) is 9.06. The zero-order chi connectivity index (χ0) is 14.3. The largest absolute Gasteiger partial charge is 0.394 e. The van der Waals surface area contributed by atoms with Crippen LogP contribution in [0.1, 0.15) is 32.6 Å². The molecule has 1 heterocycles. The molecule has 0 aromatic heterocycles. The van der Waals surface area contributed by atoms with Gasteiger partial charge >= 0.3 is 0 Å². The van der Waals surface area contributed by atoms with Crippen LogP contribution in [-0.4, -0.2) is 66.3 Å². The molecule has 19 heavy (non-hydrogen) atoms. The normalized spacial score (nSPS) is 27.3. The van der Waals surface area contributed by atoms with E-state index in [0.29, 0.717) is 32.4 Å². The molecule has 0 aromatic carbocycles. The average Bonchev–Trinajstić information content (AvgIpc) is 2.41. The zero-order valence-corrected chi connectivity index (χ0v) is 11.7. The van der Waals surface area contributed by atoms with E-state index in [1.165, 1.54) is 0 Å². The van der Waals surface area contributed by atoms with E-state index >= 15 is 0 Å². The maximum atomic E-state index is 11.3. The molecule has 1 amide bonds. The average molecular weight is 275 g/mol. The molecule has 3 atom stereocenters. The molecule has 6 heteroatoms. The van der Waals surface area contributed by atoms with Gasteiger partial charge < -0.3 is 24.6 Å². The van der Waals surface area contributed by atoms with Crippen molar-refractivity contribution in [2.75, 3.05) is 26.8 Å². The smallest absolute Gasteiger partial charge is 0.222 e. The van der Waals surface area contributed by atoms with Crippen molar-refractivity contribution in [3.05, 3.63) is 0 Å². The van der Waals surface area contributed by atoms with E-state index in [2.05, 4.69) is 0 Å². The van der Waals surface area contributed by atoms with Gasteiger partial charge in [0.1, 0.15) is 0 Å². The Labute approximate surface area is 114 Å². The van der Waals surface area contributed by atoms with Gasteiger partial charge in [-0.05, 0) is 6.42 Å². The van der Waals surface area contributed by atoms with Gasteiger partial charge in [-0.15, -0.1) is 0 Å². The van der Waals surface area contributed by atoms with Crippen LogP contribution in [0.2, 0.25) is 0 Å². The van der Waals surface area contributed by atoms with E-state index in [4.69, 9.17) is 14.6 Å².